The van der Waals surface area contributed by atoms with Crippen LogP contribution in [0.25, 0.3) is 0 Å². The standard InChI is InChI=1S/C7H14O3/c1-8-10-6-4-7-3-2-5-9-7/h7H,2-6H2,1H3/t7-/m1/s1. The third-order valence-electron chi connectivity index (χ3n) is 1.67. The summed E-state index contributed by atoms with van der Waals surface area (Å²) in [6, 6.07) is 0. The van der Waals surface area contributed by atoms with E-state index in [0.717, 1.165) is 13.0 Å². The molecular formula is C7H14O3. The topological polar surface area (TPSA) is 27.7 Å². The number of hydrogen-bond donors (Lipinski definition) is 0. The lowest BCUT2D eigenvalue weighted by Crippen LogP contribution is -2.08. The summed E-state index contributed by atoms with van der Waals surface area (Å²) >= 11 is 0. The fourth-order valence-electron chi connectivity index (χ4n) is 1.13. The SMILES string of the molecule is COOCC[C@H]1CCCO1. The minimum atomic E-state index is 0.412. The highest BCUT2D eigenvalue weighted by Crippen LogP contribution is 2.14. The van der Waals surface area contributed by atoms with Crippen LogP contribution in [0.5, 0.6) is 0 Å². The van der Waals surface area contributed by atoms with Crippen molar-refractivity contribution in [3.63, 3.8) is 0 Å². The lowest BCUT2D eigenvalue weighted by molar-refractivity contribution is -0.275. The van der Waals surface area contributed by atoms with Crippen molar-refractivity contribution in [2.45, 2.75) is 25.4 Å². The van der Waals surface area contributed by atoms with E-state index in [-0.39, 0.29) is 0 Å². The summed E-state index contributed by atoms with van der Waals surface area (Å²) in [5.41, 5.74) is 0. The van der Waals surface area contributed by atoms with E-state index in [1.807, 2.05) is 0 Å². The molecule has 1 heterocycles. The van der Waals surface area contributed by atoms with E-state index in [1.165, 1.54) is 20.0 Å². The van der Waals surface area contributed by atoms with Gasteiger partial charge in [0.15, 0.2) is 0 Å². The van der Waals surface area contributed by atoms with Crippen molar-refractivity contribution in [1.29, 1.82) is 0 Å². The lowest BCUT2D eigenvalue weighted by atomic mass is 10.2. The van der Waals surface area contributed by atoms with Crippen molar-refractivity contribution < 1.29 is 14.5 Å². The third kappa shape index (κ3) is 2.64. The van der Waals surface area contributed by atoms with Crippen molar-refractivity contribution in [2.75, 3.05) is 20.3 Å². The van der Waals surface area contributed by atoms with Crippen LogP contribution in [-0.4, -0.2) is 26.4 Å². The molecule has 3 heteroatoms. The van der Waals surface area contributed by atoms with E-state index in [4.69, 9.17) is 9.62 Å². The second-order valence-electron chi connectivity index (χ2n) is 2.41. The van der Waals surface area contributed by atoms with Crippen molar-refractivity contribution in [3.05, 3.63) is 0 Å². The van der Waals surface area contributed by atoms with Gasteiger partial charge in [-0.2, -0.15) is 0 Å². The Bertz CT molecular complexity index is 78.9. The Morgan fingerprint density at radius 3 is 3.10 bits per heavy atom. The summed E-state index contributed by atoms with van der Waals surface area (Å²) in [4.78, 5) is 9.16. The van der Waals surface area contributed by atoms with Gasteiger partial charge in [0.25, 0.3) is 0 Å². The monoisotopic (exact) mass is 146 g/mol. The van der Waals surface area contributed by atoms with Crippen LogP contribution >= 0.6 is 0 Å². The summed E-state index contributed by atoms with van der Waals surface area (Å²) in [7, 11) is 1.52. The smallest absolute Gasteiger partial charge is 0.0846 e. The Hall–Kier alpha value is -0.120. The van der Waals surface area contributed by atoms with Crippen LogP contribution in [-0.2, 0) is 14.5 Å². The van der Waals surface area contributed by atoms with Crippen LogP contribution in [0.2, 0.25) is 0 Å². The first-order chi connectivity index (χ1) is 4.93. The molecule has 0 N–H and O–H groups in total. The highest BCUT2D eigenvalue weighted by atomic mass is 17.2. The normalized spacial score (nSPS) is 25.5. The van der Waals surface area contributed by atoms with Crippen molar-refractivity contribution in [3.8, 4) is 0 Å². The van der Waals surface area contributed by atoms with Gasteiger partial charge in [0.05, 0.1) is 19.8 Å². The Morgan fingerprint density at radius 1 is 1.60 bits per heavy atom. The second-order valence-corrected chi connectivity index (χ2v) is 2.41. The molecule has 0 amide bonds. The van der Waals surface area contributed by atoms with Gasteiger partial charge in [-0.25, -0.2) is 9.78 Å². The molecule has 0 unspecified atom stereocenters. The Labute approximate surface area is 61.2 Å². The van der Waals surface area contributed by atoms with Gasteiger partial charge in [-0.3, -0.25) is 0 Å². The first kappa shape index (κ1) is 7.98. The van der Waals surface area contributed by atoms with Gasteiger partial charge in [-0.05, 0) is 12.8 Å². The van der Waals surface area contributed by atoms with E-state index in [2.05, 4.69) is 4.89 Å². The van der Waals surface area contributed by atoms with Gasteiger partial charge in [0.1, 0.15) is 0 Å². The van der Waals surface area contributed by atoms with Gasteiger partial charge >= 0.3 is 0 Å². The van der Waals surface area contributed by atoms with E-state index in [9.17, 15) is 0 Å². The molecule has 1 aliphatic heterocycles. The molecule has 0 aliphatic carbocycles. The van der Waals surface area contributed by atoms with Gasteiger partial charge in [-0.1, -0.05) is 0 Å². The molecule has 1 rings (SSSR count). The van der Waals surface area contributed by atoms with Gasteiger partial charge in [0.2, 0.25) is 0 Å². The maximum absolute atomic E-state index is 5.36. The molecule has 0 spiro atoms. The first-order valence-corrected chi connectivity index (χ1v) is 3.70. The summed E-state index contributed by atoms with van der Waals surface area (Å²) < 4.78 is 5.36. The van der Waals surface area contributed by atoms with E-state index in [1.54, 1.807) is 0 Å². The van der Waals surface area contributed by atoms with Crippen LogP contribution in [0.4, 0.5) is 0 Å². The number of ether oxygens (including phenoxy) is 1. The second kappa shape index (κ2) is 4.66. The summed E-state index contributed by atoms with van der Waals surface area (Å²) in [5, 5.41) is 0. The maximum atomic E-state index is 5.36. The van der Waals surface area contributed by atoms with Crippen LogP contribution in [0.1, 0.15) is 19.3 Å². The fraction of sp³-hybridized carbons (Fsp3) is 1.00. The number of hydrogen-bond acceptors (Lipinski definition) is 3. The van der Waals surface area contributed by atoms with Crippen molar-refractivity contribution >= 4 is 0 Å². The van der Waals surface area contributed by atoms with Crippen LogP contribution < -0.4 is 0 Å². The zero-order valence-corrected chi connectivity index (χ0v) is 6.34. The van der Waals surface area contributed by atoms with Crippen LogP contribution in [0, 0.1) is 0 Å². The first-order valence-electron chi connectivity index (χ1n) is 3.70. The Balaban J connectivity index is 1.91. The molecule has 1 saturated heterocycles. The van der Waals surface area contributed by atoms with Gasteiger partial charge in [0, 0.05) is 13.0 Å². The number of rotatable bonds is 4. The summed E-state index contributed by atoms with van der Waals surface area (Å²) in [6.45, 7) is 1.55. The van der Waals surface area contributed by atoms with E-state index < -0.39 is 0 Å². The lowest BCUT2D eigenvalue weighted by Gasteiger charge is -2.06. The predicted molar refractivity (Wildman–Crippen MR) is 36.6 cm³/mol. The van der Waals surface area contributed by atoms with Gasteiger partial charge in [-0.15, -0.1) is 0 Å². The molecule has 0 radical (unpaired) electrons. The zero-order valence-electron chi connectivity index (χ0n) is 6.34. The molecule has 1 atom stereocenters. The molecule has 0 aromatic carbocycles. The van der Waals surface area contributed by atoms with E-state index >= 15 is 0 Å². The van der Waals surface area contributed by atoms with Crippen LogP contribution in [0.3, 0.4) is 0 Å². The molecule has 1 aliphatic rings. The average Bonchev–Trinajstić information content (AvgIpc) is 2.41. The minimum absolute atomic E-state index is 0.412. The fourth-order valence-corrected chi connectivity index (χ4v) is 1.13. The summed E-state index contributed by atoms with van der Waals surface area (Å²) in [6.07, 6.45) is 3.73. The zero-order chi connectivity index (χ0) is 7.23. The minimum Gasteiger partial charge on any atom is -0.378 e. The average molecular weight is 146 g/mol. The molecule has 0 bridgehead atoms. The van der Waals surface area contributed by atoms with E-state index in [0.29, 0.717) is 12.7 Å². The highest BCUT2D eigenvalue weighted by molar-refractivity contribution is 4.63. The van der Waals surface area contributed by atoms with Crippen molar-refractivity contribution in [2.24, 2.45) is 0 Å². The third-order valence-corrected chi connectivity index (χ3v) is 1.67. The molecule has 60 valence electrons. The molecule has 0 saturated carbocycles. The summed E-state index contributed by atoms with van der Waals surface area (Å²) in [5.74, 6) is 0. The maximum Gasteiger partial charge on any atom is 0.0846 e. The molecule has 10 heavy (non-hydrogen) atoms. The molecule has 3 nitrogen and oxygen atoms in total. The molecule has 0 aromatic rings. The van der Waals surface area contributed by atoms with Gasteiger partial charge < -0.3 is 4.74 Å². The van der Waals surface area contributed by atoms with Crippen molar-refractivity contribution in [1.82, 2.24) is 0 Å². The molecular weight excluding hydrogens is 132 g/mol. The largest absolute Gasteiger partial charge is 0.378 e. The highest BCUT2D eigenvalue weighted by Gasteiger charge is 2.14. The Kier molecular flexibility index (Phi) is 3.72. The Morgan fingerprint density at radius 2 is 2.50 bits per heavy atom. The molecule has 0 aromatic heterocycles. The van der Waals surface area contributed by atoms with Crippen LogP contribution in [0.15, 0.2) is 0 Å². The molecule has 1 fully saturated rings. The predicted octanol–water partition coefficient (Wildman–Crippen LogP) is 1.13. The quantitative estimate of drug-likeness (QED) is 0.338.